The van der Waals surface area contributed by atoms with E-state index in [4.69, 9.17) is 5.11 Å². The highest BCUT2D eigenvalue weighted by molar-refractivity contribution is 5.87. The molecule has 146 valence electrons. The maximum Gasteiger partial charge on any atom is 0.352 e. The molecule has 0 unspecified atom stereocenters. The zero-order valence-electron chi connectivity index (χ0n) is 16.6. The lowest BCUT2D eigenvalue weighted by atomic mass is 10.1. The number of nitrogens with zero attached hydrogens (tertiary/aromatic N) is 1. The summed E-state index contributed by atoms with van der Waals surface area (Å²) in [5, 5.41) is 12.3. The van der Waals surface area contributed by atoms with Crippen molar-refractivity contribution in [3.63, 3.8) is 0 Å². The smallest absolute Gasteiger partial charge is 0.352 e. The Morgan fingerprint density at radius 1 is 1.00 bits per heavy atom. The van der Waals surface area contributed by atoms with Gasteiger partial charge in [-0.25, -0.2) is 4.79 Å². The molecule has 1 aromatic heterocycles. The minimum absolute atomic E-state index is 0.319. The summed E-state index contributed by atoms with van der Waals surface area (Å²) in [5.74, 6) is 5.65. The first-order chi connectivity index (χ1) is 12.6. The fraction of sp³-hybridized carbons (Fsp3) is 0.682. The van der Waals surface area contributed by atoms with E-state index in [1.807, 2.05) is 6.20 Å². The van der Waals surface area contributed by atoms with Gasteiger partial charge in [-0.15, -0.1) is 11.8 Å². The monoisotopic (exact) mass is 360 g/mol. The molecule has 1 rings (SSSR count). The van der Waals surface area contributed by atoms with E-state index in [1.165, 1.54) is 57.8 Å². The topological polar surface area (TPSA) is 54.3 Å². The predicted molar refractivity (Wildman–Crippen MR) is 110 cm³/mol. The van der Waals surface area contributed by atoms with Gasteiger partial charge in [0.15, 0.2) is 0 Å². The molecule has 1 aromatic rings. The van der Waals surface area contributed by atoms with E-state index in [0.717, 1.165) is 31.5 Å². The van der Waals surface area contributed by atoms with Crippen LogP contribution >= 0.6 is 0 Å². The van der Waals surface area contributed by atoms with Crippen LogP contribution < -0.4 is 5.32 Å². The number of hydrogen-bond acceptors (Lipinski definition) is 2. The van der Waals surface area contributed by atoms with Crippen LogP contribution in [0.15, 0.2) is 12.3 Å². The minimum atomic E-state index is -0.885. The molecule has 0 atom stereocenters. The third-order valence-electron chi connectivity index (χ3n) is 4.56. The number of carbonyl (C=O) groups is 1. The van der Waals surface area contributed by atoms with Crippen LogP contribution in [-0.2, 0) is 7.05 Å². The summed E-state index contributed by atoms with van der Waals surface area (Å²) in [4.78, 5) is 11.0. The molecule has 1 heterocycles. The highest BCUT2D eigenvalue weighted by atomic mass is 16.4. The van der Waals surface area contributed by atoms with Gasteiger partial charge in [-0.2, -0.15) is 0 Å². The molecule has 0 amide bonds. The van der Waals surface area contributed by atoms with Crippen molar-refractivity contribution in [3.8, 4) is 11.8 Å². The summed E-state index contributed by atoms with van der Waals surface area (Å²) >= 11 is 0. The van der Waals surface area contributed by atoms with Crippen molar-refractivity contribution in [1.29, 1.82) is 0 Å². The summed E-state index contributed by atoms with van der Waals surface area (Å²) in [5.41, 5.74) is 1.21. The van der Waals surface area contributed by atoms with Crippen molar-refractivity contribution in [2.75, 3.05) is 11.9 Å². The van der Waals surface area contributed by atoms with Gasteiger partial charge in [0.25, 0.3) is 0 Å². The molecule has 0 bridgehead atoms. The second-order valence-electron chi connectivity index (χ2n) is 6.99. The average Bonchev–Trinajstić information content (AvgIpc) is 2.99. The zero-order chi connectivity index (χ0) is 19.0. The van der Waals surface area contributed by atoms with Crippen LogP contribution in [0.1, 0.15) is 94.5 Å². The van der Waals surface area contributed by atoms with Gasteiger partial charge in [0.2, 0.25) is 0 Å². The number of carboxylic acid groups (broad SMARTS) is 1. The largest absolute Gasteiger partial charge is 0.477 e. The summed E-state index contributed by atoms with van der Waals surface area (Å²) in [6, 6.07) is 1.69. The van der Waals surface area contributed by atoms with E-state index in [0.29, 0.717) is 5.69 Å². The van der Waals surface area contributed by atoms with E-state index in [2.05, 4.69) is 24.1 Å². The number of carboxylic acids is 1. The Balaban J connectivity index is 1.90. The molecule has 2 N–H and O–H groups in total. The Morgan fingerprint density at radius 2 is 1.58 bits per heavy atom. The van der Waals surface area contributed by atoms with Crippen molar-refractivity contribution < 1.29 is 9.90 Å². The molecule has 26 heavy (non-hydrogen) atoms. The maximum atomic E-state index is 11.0. The number of hydrogen-bond donors (Lipinski definition) is 2. The number of aromatic carboxylic acids is 1. The van der Waals surface area contributed by atoms with Crippen molar-refractivity contribution >= 4 is 11.7 Å². The van der Waals surface area contributed by atoms with Gasteiger partial charge in [-0.1, -0.05) is 51.9 Å². The Kier molecular flexibility index (Phi) is 12.2. The van der Waals surface area contributed by atoms with Crippen LogP contribution in [0, 0.1) is 11.8 Å². The number of aromatic nitrogens is 1. The van der Waals surface area contributed by atoms with Crippen LogP contribution in [0.4, 0.5) is 5.69 Å². The van der Waals surface area contributed by atoms with Crippen molar-refractivity contribution in [3.05, 3.63) is 18.0 Å². The van der Waals surface area contributed by atoms with E-state index < -0.39 is 5.97 Å². The minimum Gasteiger partial charge on any atom is -0.477 e. The molecule has 0 saturated heterocycles. The Bertz CT molecular complexity index is 566. The van der Waals surface area contributed by atoms with Gasteiger partial charge < -0.3 is 15.0 Å². The maximum absolute atomic E-state index is 11.0. The van der Waals surface area contributed by atoms with Crippen LogP contribution in [0.5, 0.6) is 0 Å². The Morgan fingerprint density at radius 3 is 2.15 bits per heavy atom. The summed E-state index contributed by atoms with van der Waals surface area (Å²) in [6.45, 7) is 3.11. The highest BCUT2D eigenvalue weighted by Crippen LogP contribution is 2.14. The molecule has 0 spiro atoms. The lowest BCUT2D eigenvalue weighted by Gasteiger charge is -2.04. The SMILES string of the molecule is CCCCC#CCCCCCCCCCCNc1cc(C(=O)O)n(C)c1. The third kappa shape index (κ3) is 10.2. The normalized spacial score (nSPS) is 10.4. The standard InChI is InChI=1S/C22H36N2O2/c1-3-4-5-6-7-8-9-10-11-12-13-14-15-16-17-23-20-18-21(22(25)26)24(2)19-20/h18-19,23H,3-5,8-17H2,1-2H3,(H,25,26). The summed E-state index contributed by atoms with van der Waals surface area (Å²) in [6.07, 6.45) is 16.6. The highest BCUT2D eigenvalue weighted by Gasteiger charge is 2.09. The summed E-state index contributed by atoms with van der Waals surface area (Å²) < 4.78 is 1.64. The van der Waals surface area contributed by atoms with E-state index in [1.54, 1.807) is 17.7 Å². The van der Waals surface area contributed by atoms with Crippen LogP contribution in [0.3, 0.4) is 0 Å². The molecular weight excluding hydrogens is 324 g/mol. The number of rotatable bonds is 14. The molecule has 4 nitrogen and oxygen atoms in total. The average molecular weight is 361 g/mol. The van der Waals surface area contributed by atoms with E-state index in [-0.39, 0.29) is 0 Å². The number of nitrogens with one attached hydrogen (secondary N) is 1. The first-order valence-corrected chi connectivity index (χ1v) is 10.2. The van der Waals surface area contributed by atoms with Gasteiger partial charge in [0, 0.05) is 32.6 Å². The van der Waals surface area contributed by atoms with Crippen LogP contribution in [0.25, 0.3) is 0 Å². The Labute approximate surface area is 159 Å². The molecule has 0 aliphatic carbocycles. The van der Waals surface area contributed by atoms with Gasteiger partial charge in [0.1, 0.15) is 5.69 Å². The van der Waals surface area contributed by atoms with Crippen molar-refractivity contribution in [1.82, 2.24) is 4.57 Å². The first-order valence-electron chi connectivity index (χ1n) is 10.2. The van der Waals surface area contributed by atoms with Gasteiger partial charge in [-0.05, 0) is 25.3 Å². The number of unbranched alkanes of at least 4 members (excludes halogenated alkanes) is 10. The molecule has 0 aromatic carbocycles. The van der Waals surface area contributed by atoms with E-state index in [9.17, 15) is 4.79 Å². The van der Waals surface area contributed by atoms with Gasteiger partial charge in [-0.3, -0.25) is 0 Å². The third-order valence-corrected chi connectivity index (χ3v) is 4.56. The molecular formula is C22H36N2O2. The van der Waals surface area contributed by atoms with Gasteiger partial charge in [0.05, 0.1) is 5.69 Å². The van der Waals surface area contributed by atoms with Crippen molar-refractivity contribution in [2.45, 2.75) is 84.0 Å². The zero-order valence-corrected chi connectivity index (χ0v) is 16.6. The van der Waals surface area contributed by atoms with Crippen molar-refractivity contribution in [2.24, 2.45) is 7.05 Å². The van der Waals surface area contributed by atoms with Crippen LogP contribution in [-0.4, -0.2) is 22.2 Å². The van der Waals surface area contributed by atoms with Gasteiger partial charge >= 0.3 is 5.97 Å². The lowest BCUT2D eigenvalue weighted by Crippen LogP contribution is -2.02. The van der Waals surface area contributed by atoms with E-state index >= 15 is 0 Å². The number of aryl methyl sites for hydroxylation is 1. The lowest BCUT2D eigenvalue weighted by molar-refractivity contribution is 0.0686. The second kappa shape index (κ2) is 14.3. The molecule has 0 aliphatic rings. The summed E-state index contributed by atoms with van der Waals surface area (Å²) in [7, 11) is 1.76. The molecule has 0 aliphatic heterocycles. The molecule has 0 saturated carbocycles. The molecule has 0 radical (unpaired) electrons. The second-order valence-corrected chi connectivity index (χ2v) is 6.99. The molecule has 4 heteroatoms. The number of anilines is 1. The predicted octanol–water partition coefficient (Wildman–Crippen LogP) is 5.84. The first kappa shape index (κ1) is 22.2. The van der Waals surface area contributed by atoms with Crippen LogP contribution in [0.2, 0.25) is 0 Å². The molecule has 0 fully saturated rings. The Hall–Kier alpha value is -1.89. The fourth-order valence-electron chi connectivity index (χ4n) is 2.95. The quantitative estimate of drug-likeness (QED) is 0.324. The fourth-order valence-corrected chi connectivity index (χ4v) is 2.95.